The molecule has 0 saturated carbocycles. The first kappa shape index (κ1) is 12.4. The second kappa shape index (κ2) is 5.19. The van der Waals surface area contributed by atoms with E-state index in [9.17, 15) is 4.79 Å². The number of nitrogens with zero attached hydrogens (tertiary/aromatic N) is 1. The Balaban J connectivity index is 4.32. The minimum Gasteiger partial charge on any atom is -0.480 e. The Bertz CT molecular complexity index is 169. The number of rotatable bonds is 5. The van der Waals surface area contributed by atoms with Crippen molar-refractivity contribution in [3.8, 4) is 0 Å². The van der Waals surface area contributed by atoms with Crippen LogP contribution in [-0.4, -0.2) is 42.2 Å². The second-order valence-corrected chi connectivity index (χ2v) is 4.02. The summed E-state index contributed by atoms with van der Waals surface area (Å²) < 4.78 is 0. The molecular weight excluding hydrogens is 168 g/mol. The molecule has 0 rings (SSSR count). The lowest BCUT2D eigenvalue weighted by Crippen LogP contribution is -2.49. The van der Waals surface area contributed by atoms with Gasteiger partial charge in [-0.05, 0) is 26.4 Å². The molecule has 3 N–H and O–H groups in total. The van der Waals surface area contributed by atoms with Gasteiger partial charge in [-0.2, -0.15) is 0 Å². The Morgan fingerprint density at radius 1 is 1.46 bits per heavy atom. The molecule has 0 heterocycles. The highest BCUT2D eigenvalue weighted by molar-refractivity contribution is 5.74. The van der Waals surface area contributed by atoms with Gasteiger partial charge in [-0.1, -0.05) is 13.8 Å². The zero-order valence-corrected chi connectivity index (χ0v) is 8.82. The van der Waals surface area contributed by atoms with Gasteiger partial charge in [-0.25, -0.2) is 0 Å². The van der Waals surface area contributed by atoms with Crippen molar-refractivity contribution in [2.75, 3.05) is 14.1 Å². The third-order valence-electron chi connectivity index (χ3n) is 2.08. The number of aliphatic carboxylic acids is 1. The minimum atomic E-state index is -0.931. The number of carboxylic acids is 1. The van der Waals surface area contributed by atoms with E-state index in [0.717, 1.165) is 6.42 Å². The average molecular weight is 188 g/mol. The van der Waals surface area contributed by atoms with E-state index in [4.69, 9.17) is 10.8 Å². The molecule has 0 bridgehead atoms. The highest BCUT2D eigenvalue weighted by Crippen LogP contribution is 2.11. The lowest BCUT2D eigenvalue weighted by Gasteiger charge is -2.28. The summed E-state index contributed by atoms with van der Waals surface area (Å²) in [7, 11) is 3.71. The molecule has 78 valence electrons. The minimum absolute atomic E-state index is 0.0856. The van der Waals surface area contributed by atoms with Crippen molar-refractivity contribution < 1.29 is 9.90 Å². The Morgan fingerprint density at radius 2 is 1.92 bits per heavy atom. The van der Waals surface area contributed by atoms with Crippen LogP contribution in [0.4, 0.5) is 0 Å². The van der Waals surface area contributed by atoms with Crippen LogP contribution in [0.25, 0.3) is 0 Å². The molecule has 0 aliphatic rings. The fourth-order valence-corrected chi connectivity index (χ4v) is 1.33. The van der Waals surface area contributed by atoms with Gasteiger partial charge in [0.15, 0.2) is 0 Å². The average Bonchev–Trinajstić information content (AvgIpc) is 1.97. The maximum absolute atomic E-state index is 10.7. The topological polar surface area (TPSA) is 66.6 Å². The van der Waals surface area contributed by atoms with Gasteiger partial charge in [0.1, 0.15) is 6.04 Å². The van der Waals surface area contributed by atoms with E-state index in [0.29, 0.717) is 5.92 Å². The molecule has 0 amide bonds. The van der Waals surface area contributed by atoms with Gasteiger partial charge in [-0.15, -0.1) is 0 Å². The van der Waals surface area contributed by atoms with Crippen molar-refractivity contribution in [2.45, 2.75) is 32.4 Å². The first-order valence-electron chi connectivity index (χ1n) is 4.51. The van der Waals surface area contributed by atoms with Crippen LogP contribution in [-0.2, 0) is 4.79 Å². The largest absolute Gasteiger partial charge is 0.480 e. The summed E-state index contributed by atoms with van der Waals surface area (Å²) in [6.45, 7) is 4.12. The molecule has 2 unspecified atom stereocenters. The highest BCUT2D eigenvalue weighted by Gasteiger charge is 2.26. The Kier molecular flexibility index (Phi) is 4.95. The van der Waals surface area contributed by atoms with E-state index in [1.54, 1.807) is 0 Å². The first-order valence-corrected chi connectivity index (χ1v) is 4.51. The summed E-state index contributed by atoms with van der Waals surface area (Å²) >= 11 is 0. The van der Waals surface area contributed by atoms with Crippen molar-refractivity contribution in [3.05, 3.63) is 0 Å². The molecule has 2 atom stereocenters. The van der Waals surface area contributed by atoms with Gasteiger partial charge in [0, 0.05) is 6.04 Å². The van der Waals surface area contributed by atoms with E-state index >= 15 is 0 Å². The first-order chi connectivity index (χ1) is 5.86. The lowest BCUT2D eigenvalue weighted by molar-refractivity contribution is -0.140. The van der Waals surface area contributed by atoms with Gasteiger partial charge < -0.3 is 15.7 Å². The van der Waals surface area contributed by atoms with Crippen molar-refractivity contribution in [1.82, 2.24) is 4.90 Å². The summed E-state index contributed by atoms with van der Waals surface area (Å²) in [6.07, 6.45) is 0.806. The van der Waals surface area contributed by atoms with Crippen LogP contribution in [0.3, 0.4) is 0 Å². The molecule has 0 aromatic heterocycles. The summed E-state index contributed by atoms with van der Waals surface area (Å²) in [5.41, 5.74) is 5.57. The van der Waals surface area contributed by atoms with Crippen LogP contribution >= 0.6 is 0 Å². The number of hydrogen-bond acceptors (Lipinski definition) is 3. The molecule has 13 heavy (non-hydrogen) atoms. The number of carbonyl (C=O) groups is 1. The van der Waals surface area contributed by atoms with E-state index in [-0.39, 0.29) is 6.04 Å². The Hall–Kier alpha value is -0.610. The molecule has 0 fully saturated rings. The normalized spacial score (nSPS) is 16.2. The summed E-state index contributed by atoms with van der Waals surface area (Å²) in [5, 5.41) is 8.76. The maximum atomic E-state index is 10.7. The zero-order chi connectivity index (χ0) is 10.6. The van der Waals surface area contributed by atoms with Crippen LogP contribution in [0.1, 0.15) is 20.3 Å². The number of likely N-dealkylation sites (N-methyl/N-ethyl adjacent to an activating group) is 1. The molecule has 0 aromatic rings. The molecule has 0 aromatic carbocycles. The SMILES string of the molecule is CC(C)CC(C(N)C(=O)O)N(C)C. The van der Waals surface area contributed by atoms with E-state index < -0.39 is 12.0 Å². The molecule has 0 saturated heterocycles. The standard InChI is InChI=1S/C9H20N2O2/c1-6(2)5-7(11(3)4)8(10)9(12)13/h6-8H,5,10H2,1-4H3,(H,12,13). The predicted molar refractivity (Wildman–Crippen MR) is 52.5 cm³/mol. The third kappa shape index (κ3) is 4.24. The van der Waals surface area contributed by atoms with Gasteiger partial charge in [0.05, 0.1) is 0 Å². The van der Waals surface area contributed by atoms with Gasteiger partial charge in [0.25, 0.3) is 0 Å². The fraction of sp³-hybridized carbons (Fsp3) is 0.889. The Labute approximate surface area is 79.7 Å². The molecule has 0 aliphatic carbocycles. The predicted octanol–water partition coefficient (Wildman–Crippen LogP) is 0.375. The molecule has 0 aliphatic heterocycles. The van der Waals surface area contributed by atoms with Gasteiger partial charge in [0.2, 0.25) is 0 Å². The monoisotopic (exact) mass is 188 g/mol. The van der Waals surface area contributed by atoms with Gasteiger partial charge >= 0.3 is 5.97 Å². The number of carboxylic acid groups (broad SMARTS) is 1. The van der Waals surface area contributed by atoms with Crippen molar-refractivity contribution in [1.29, 1.82) is 0 Å². The summed E-state index contributed by atoms with van der Waals surface area (Å²) in [4.78, 5) is 12.5. The van der Waals surface area contributed by atoms with E-state index in [2.05, 4.69) is 13.8 Å². The van der Waals surface area contributed by atoms with Gasteiger partial charge in [-0.3, -0.25) is 4.79 Å². The van der Waals surface area contributed by atoms with Crippen LogP contribution in [0.15, 0.2) is 0 Å². The van der Waals surface area contributed by atoms with Crippen LogP contribution in [0.5, 0.6) is 0 Å². The molecule has 0 radical (unpaired) electrons. The number of nitrogens with two attached hydrogens (primary N) is 1. The number of hydrogen-bond donors (Lipinski definition) is 2. The van der Waals surface area contributed by atoms with Crippen LogP contribution in [0.2, 0.25) is 0 Å². The van der Waals surface area contributed by atoms with Crippen molar-refractivity contribution >= 4 is 5.97 Å². The molecule has 4 heteroatoms. The third-order valence-corrected chi connectivity index (χ3v) is 2.08. The van der Waals surface area contributed by atoms with Crippen LogP contribution < -0.4 is 5.73 Å². The van der Waals surface area contributed by atoms with E-state index in [1.165, 1.54) is 0 Å². The highest BCUT2D eigenvalue weighted by atomic mass is 16.4. The van der Waals surface area contributed by atoms with Crippen molar-refractivity contribution in [2.24, 2.45) is 11.7 Å². The lowest BCUT2D eigenvalue weighted by atomic mass is 9.97. The summed E-state index contributed by atoms with van der Waals surface area (Å²) in [6, 6.07) is -0.880. The molecule has 4 nitrogen and oxygen atoms in total. The summed E-state index contributed by atoms with van der Waals surface area (Å²) in [5.74, 6) is -0.475. The maximum Gasteiger partial charge on any atom is 0.322 e. The van der Waals surface area contributed by atoms with E-state index in [1.807, 2.05) is 19.0 Å². The molecule has 0 spiro atoms. The fourth-order valence-electron chi connectivity index (χ4n) is 1.33. The molecular formula is C9H20N2O2. The quantitative estimate of drug-likeness (QED) is 0.654. The zero-order valence-electron chi connectivity index (χ0n) is 8.82. The second-order valence-electron chi connectivity index (χ2n) is 4.02. The van der Waals surface area contributed by atoms with Crippen LogP contribution in [0, 0.1) is 5.92 Å². The Morgan fingerprint density at radius 3 is 2.15 bits per heavy atom. The van der Waals surface area contributed by atoms with Crippen molar-refractivity contribution in [3.63, 3.8) is 0 Å². The smallest absolute Gasteiger partial charge is 0.322 e.